The molecule has 1 aromatic heterocycles. The SMILES string of the molecule is CC(C)(C)OC(=O)N1C[C@H]2C=C2CC1COc1cc(C(F)(F)F)ccn1. The number of nitrogens with zero attached hydrogens (tertiary/aromatic N) is 2. The van der Waals surface area contributed by atoms with E-state index in [1.807, 2.05) is 0 Å². The fourth-order valence-corrected chi connectivity index (χ4v) is 2.88. The Balaban J connectivity index is 1.67. The summed E-state index contributed by atoms with van der Waals surface area (Å²) in [6.45, 7) is 5.92. The van der Waals surface area contributed by atoms with E-state index in [4.69, 9.17) is 9.47 Å². The third-order valence-corrected chi connectivity index (χ3v) is 4.20. The van der Waals surface area contributed by atoms with Gasteiger partial charge in [0.1, 0.15) is 12.2 Å². The van der Waals surface area contributed by atoms with Crippen molar-refractivity contribution in [3.05, 3.63) is 35.5 Å². The Morgan fingerprint density at radius 3 is 2.73 bits per heavy atom. The van der Waals surface area contributed by atoms with Gasteiger partial charge in [-0.15, -0.1) is 0 Å². The van der Waals surface area contributed by atoms with Crippen LogP contribution in [0.3, 0.4) is 0 Å². The Morgan fingerprint density at radius 1 is 1.35 bits per heavy atom. The molecule has 0 N–H and O–H groups in total. The van der Waals surface area contributed by atoms with Crippen LogP contribution in [0.1, 0.15) is 32.8 Å². The fraction of sp³-hybridized carbons (Fsp3) is 0.556. The smallest absolute Gasteiger partial charge is 0.416 e. The molecule has 1 amide bonds. The van der Waals surface area contributed by atoms with Crippen LogP contribution in [-0.2, 0) is 10.9 Å². The van der Waals surface area contributed by atoms with Gasteiger partial charge in [-0.25, -0.2) is 9.78 Å². The highest BCUT2D eigenvalue weighted by atomic mass is 19.4. The number of ether oxygens (including phenoxy) is 2. The molecule has 1 fully saturated rings. The lowest BCUT2D eigenvalue weighted by Crippen LogP contribution is -2.49. The molecule has 142 valence electrons. The highest BCUT2D eigenvalue weighted by Crippen LogP contribution is 2.40. The Bertz CT molecular complexity index is 725. The Morgan fingerprint density at radius 2 is 2.08 bits per heavy atom. The van der Waals surface area contributed by atoms with Gasteiger partial charge in [0, 0.05) is 24.7 Å². The largest absolute Gasteiger partial charge is 0.475 e. The molecule has 0 aromatic carbocycles. The van der Waals surface area contributed by atoms with Crippen LogP contribution in [0.5, 0.6) is 5.88 Å². The van der Waals surface area contributed by atoms with E-state index >= 15 is 0 Å². The molecule has 1 unspecified atom stereocenters. The molecular formula is C18H21F3N2O3. The molecule has 0 radical (unpaired) electrons. The van der Waals surface area contributed by atoms with Gasteiger partial charge in [-0.2, -0.15) is 13.2 Å². The Labute approximate surface area is 149 Å². The van der Waals surface area contributed by atoms with Crippen molar-refractivity contribution in [1.29, 1.82) is 0 Å². The lowest BCUT2D eigenvalue weighted by Gasteiger charge is -2.36. The summed E-state index contributed by atoms with van der Waals surface area (Å²) in [7, 11) is 0. The molecule has 0 saturated carbocycles. The first-order valence-corrected chi connectivity index (χ1v) is 8.39. The third kappa shape index (κ3) is 4.47. The van der Waals surface area contributed by atoms with E-state index < -0.39 is 23.4 Å². The topological polar surface area (TPSA) is 51.7 Å². The van der Waals surface area contributed by atoms with Crippen molar-refractivity contribution in [2.24, 2.45) is 5.92 Å². The van der Waals surface area contributed by atoms with E-state index in [0.717, 1.165) is 18.3 Å². The van der Waals surface area contributed by atoms with Crippen molar-refractivity contribution in [3.63, 3.8) is 0 Å². The molecular weight excluding hydrogens is 349 g/mol. The lowest BCUT2D eigenvalue weighted by atomic mass is 10.0. The number of carbonyl (C=O) groups is 1. The standard InChI is InChI=1S/C18H21F3N2O3/c1-17(2,3)26-16(24)23-9-12-6-11(12)7-14(23)10-25-15-8-13(4-5-22-15)18(19,20)21/h4-6,8,12,14H,7,9-10H2,1-3H3/t12-,14?/m1/s1. The highest BCUT2D eigenvalue weighted by molar-refractivity contribution is 5.69. The predicted molar refractivity (Wildman–Crippen MR) is 87.7 cm³/mol. The number of piperidine rings is 1. The number of carbonyl (C=O) groups excluding carboxylic acids is 1. The van der Waals surface area contributed by atoms with E-state index in [1.54, 1.807) is 25.7 Å². The quantitative estimate of drug-likeness (QED) is 0.754. The van der Waals surface area contributed by atoms with E-state index in [2.05, 4.69) is 11.1 Å². The van der Waals surface area contributed by atoms with Crippen LogP contribution in [0.4, 0.5) is 18.0 Å². The maximum atomic E-state index is 12.8. The summed E-state index contributed by atoms with van der Waals surface area (Å²) in [5.41, 5.74) is -0.196. The molecule has 2 aliphatic rings. The molecule has 5 nitrogen and oxygen atoms in total. The number of aromatic nitrogens is 1. The van der Waals surface area contributed by atoms with Gasteiger partial charge in [-0.1, -0.05) is 11.6 Å². The molecule has 1 aliphatic heterocycles. The van der Waals surface area contributed by atoms with Crippen molar-refractivity contribution in [2.75, 3.05) is 13.2 Å². The van der Waals surface area contributed by atoms with E-state index in [9.17, 15) is 18.0 Å². The molecule has 1 saturated heterocycles. The zero-order valence-electron chi connectivity index (χ0n) is 14.8. The van der Waals surface area contributed by atoms with Crippen molar-refractivity contribution >= 4 is 6.09 Å². The zero-order valence-corrected chi connectivity index (χ0v) is 14.8. The van der Waals surface area contributed by atoms with Crippen LogP contribution >= 0.6 is 0 Å². The highest BCUT2D eigenvalue weighted by Gasteiger charge is 2.41. The number of fused-ring (bicyclic) bond motifs is 1. The minimum Gasteiger partial charge on any atom is -0.475 e. The normalized spacial score (nSPS) is 22.4. The van der Waals surface area contributed by atoms with Crippen LogP contribution < -0.4 is 4.74 Å². The number of halogens is 3. The number of hydrogen-bond donors (Lipinski definition) is 0. The van der Waals surface area contributed by atoms with Gasteiger partial charge in [-0.3, -0.25) is 0 Å². The Hall–Kier alpha value is -2.25. The first-order valence-electron chi connectivity index (χ1n) is 8.39. The van der Waals surface area contributed by atoms with Gasteiger partial charge in [0.25, 0.3) is 0 Å². The average Bonchev–Trinajstić information content (AvgIpc) is 3.28. The van der Waals surface area contributed by atoms with Gasteiger partial charge >= 0.3 is 12.3 Å². The van der Waals surface area contributed by atoms with Gasteiger partial charge in [0.15, 0.2) is 0 Å². The molecule has 2 heterocycles. The van der Waals surface area contributed by atoms with Gasteiger partial charge < -0.3 is 14.4 Å². The first kappa shape index (κ1) is 18.5. The third-order valence-electron chi connectivity index (χ3n) is 4.20. The monoisotopic (exact) mass is 370 g/mol. The van der Waals surface area contributed by atoms with E-state index in [0.29, 0.717) is 13.0 Å². The number of likely N-dealkylation sites (tertiary alicyclic amines) is 1. The maximum Gasteiger partial charge on any atom is 0.416 e. The van der Waals surface area contributed by atoms with Crippen LogP contribution in [0.25, 0.3) is 0 Å². The van der Waals surface area contributed by atoms with Crippen LogP contribution in [0.15, 0.2) is 30.0 Å². The van der Waals surface area contributed by atoms with Crippen LogP contribution in [0, 0.1) is 5.92 Å². The fourth-order valence-electron chi connectivity index (χ4n) is 2.88. The van der Waals surface area contributed by atoms with Gasteiger partial charge in [0.2, 0.25) is 5.88 Å². The van der Waals surface area contributed by atoms with Crippen molar-refractivity contribution < 1.29 is 27.4 Å². The Kier molecular flexibility index (Phi) is 4.62. The van der Waals surface area contributed by atoms with E-state index in [-0.39, 0.29) is 24.4 Å². The molecule has 8 heteroatoms. The molecule has 3 rings (SSSR count). The number of pyridine rings is 1. The lowest BCUT2D eigenvalue weighted by molar-refractivity contribution is -0.137. The molecule has 1 aromatic rings. The number of rotatable bonds is 3. The first-order chi connectivity index (χ1) is 12.0. The van der Waals surface area contributed by atoms with Crippen LogP contribution in [0.2, 0.25) is 0 Å². The summed E-state index contributed by atoms with van der Waals surface area (Å²) < 4.78 is 49.3. The molecule has 2 atom stereocenters. The minimum absolute atomic E-state index is 0.0532. The number of hydrogen-bond acceptors (Lipinski definition) is 4. The summed E-state index contributed by atoms with van der Waals surface area (Å²) in [5, 5.41) is 0. The molecule has 26 heavy (non-hydrogen) atoms. The molecule has 0 spiro atoms. The molecule has 1 aliphatic carbocycles. The van der Waals surface area contributed by atoms with Crippen LogP contribution in [-0.4, -0.2) is 40.8 Å². The minimum atomic E-state index is -4.46. The molecule has 0 bridgehead atoms. The zero-order chi connectivity index (χ0) is 19.1. The summed E-state index contributed by atoms with van der Waals surface area (Å²) >= 11 is 0. The maximum absolute atomic E-state index is 12.8. The second-order valence-electron chi connectivity index (χ2n) is 7.53. The summed E-state index contributed by atoms with van der Waals surface area (Å²) in [6.07, 6.45) is -1.13. The summed E-state index contributed by atoms with van der Waals surface area (Å²) in [6, 6.07) is 1.45. The predicted octanol–water partition coefficient (Wildman–Crippen LogP) is 4.04. The summed E-state index contributed by atoms with van der Waals surface area (Å²) in [4.78, 5) is 17.9. The van der Waals surface area contributed by atoms with Crippen molar-refractivity contribution in [3.8, 4) is 5.88 Å². The van der Waals surface area contributed by atoms with Crippen molar-refractivity contribution in [2.45, 2.75) is 45.0 Å². The number of amides is 1. The average molecular weight is 370 g/mol. The van der Waals surface area contributed by atoms with Gasteiger partial charge in [0.05, 0.1) is 11.6 Å². The summed E-state index contributed by atoms with van der Waals surface area (Å²) in [5.74, 6) is 0.168. The van der Waals surface area contributed by atoms with E-state index in [1.165, 1.54) is 5.57 Å². The van der Waals surface area contributed by atoms with Crippen molar-refractivity contribution in [1.82, 2.24) is 9.88 Å². The number of alkyl halides is 3. The van der Waals surface area contributed by atoms with Gasteiger partial charge in [-0.05, 0) is 33.3 Å². The second-order valence-corrected chi connectivity index (χ2v) is 7.53. The second kappa shape index (κ2) is 6.48.